The number of hydrogen-bond acceptors (Lipinski definition) is 4. The number of hydrogen-bond donors (Lipinski definition) is 0. The molecular formula is C132H76N12OS. The van der Waals surface area contributed by atoms with Crippen molar-refractivity contribution in [3.8, 4) is 68.8 Å². The third-order valence-corrected chi connectivity index (χ3v) is 31.9. The Balaban J connectivity index is 0.000000136. The van der Waals surface area contributed by atoms with Crippen molar-refractivity contribution in [1.29, 1.82) is 10.5 Å². The summed E-state index contributed by atoms with van der Waals surface area (Å²) in [5, 5.41) is 46.2. The van der Waals surface area contributed by atoms with Gasteiger partial charge in [-0.15, -0.1) is 11.3 Å². The summed E-state index contributed by atoms with van der Waals surface area (Å²) in [6.07, 6.45) is 0. The molecule has 0 amide bonds. The lowest BCUT2D eigenvalue weighted by Crippen LogP contribution is -2.14. The van der Waals surface area contributed by atoms with Gasteiger partial charge in [0.05, 0.1) is 163 Å². The van der Waals surface area contributed by atoms with Gasteiger partial charge in [-0.2, -0.15) is 10.5 Å². The van der Waals surface area contributed by atoms with Gasteiger partial charge in [0.2, 0.25) is 11.4 Å². The Labute approximate surface area is 837 Å². The van der Waals surface area contributed by atoms with E-state index in [1.165, 1.54) is 21.0 Å². The summed E-state index contributed by atoms with van der Waals surface area (Å²) in [5.74, 6) is 0. The second-order valence-electron chi connectivity index (χ2n) is 38.0. The van der Waals surface area contributed by atoms with Crippen molar-refractivity contribution >= 4 is 239 Å². The average Bonchev–Trinajstić information content (AvgIpc) is 1.51. The molecule has 13 nitrogen and oxygen atoms in total. The number of para-hydroxylation sites is 13. The number of nitrogens with zero attached hydrogens (tertiary/aromatic N) is 12. The summed E-state index contributed by atoms with van der Waals surface area (Å²) in [5.41, 5.74) is 27.5. The van der Waals surface area contributed by atoms with Crippen LogP contribution in [0.2, 0.25) is 0 Å². The Kier molecular flexibility index (Phi) is 17.5. The molecule has 0 aliphatic heterocycles. The molecule has 0 fully saturated rings. The molecule has 0 aliphatic carbocycles. The SMILES string of the molecule is [C-]#[N+]c1c(-n2c3ccccc3c3ccccc32)c(C#N)c(-n2c3ccccc3c3ccccc32)c(-n2c3cc(C)c(C)cc3c3ccc4c5ccccc5sc4c32)c1-n1c2ccccc2c2ccccc21.[C-]#[N+]c1c(-n2c3ccccc3c3ccccc32)c(C#N)c(-n2c3ccccc3c3ccccc32)c(-n2c3ccc(-c4ccccc4)cc3c3ccc4c5ccccc5oc4c32)c1-n1c2ccccc2c2ccccc21. The number of thiophene rings is 1. The van der Waals surface area contributed by atoms with Crippen LogP contribution in [0.3, 0.4) is 0 Å². The van der Waals surface area contributed by atoms with Gasteiger partial charge in [0.25, 0.3) is 0 Å². The van der Waals surface area contributed by atoms with Crippen molar-refractivity contribution in [3.63, 3.8) is 0 Å². The highest BCUT2D eigenvalue weighted by Crippen LogP contribution is 2.58. The van der Waals surface area contributed by atoms with Crippen LogP contribution in [0.25, 0.3) is 283 Å². The largest absolute Gasteiger partial charge is 0.454 e. The maximum absolute atomic E-state index is 12.5. The minimum absolute atomic E-state index is 0.330. The summed E-state index contributed by atoms with van der Waals surface area (Å²) < 4.78 is 27.8. The number of aromatic nitrogens is 8. The number of nitriles is 2. The first-order valence-corrected chi connectivity index (χ1v) is 49.8. The zero-order chi connectivity index (χ0) is 96.7. The van der Waals surface area contributed by atoms with Gasteiger partial charge in [0.15, 0.2) is 5.58 Å². The third kappa shape index (κ3) is 11.2. The van der Waals surface area contributed by atoms with Crippen molar-refractivity contribution in [3.05, 3.63) is 470 Å². The van der Waals surface area contributed by atoms with Crippen molar-refractivity contribution in [2.24, 2.45) is 0 Å². The summed E-state index contributed by atoms with van der Waals surface area (Å²) in [6.45, 7) is 23.9. The Bertz CT molecular complexity index is 10800. The highest BCUT2D eigenvalue weighted by molar-refractivity contribution is 7.26. The highest BCUT2D eigenvalue weighted by atomic mass is 32.1. The van der Waals surface area contributed by atoms with Gasteiger partial charge in [-0.1, -0.05) is 309 Å². The number of rotatable bonds is 9. The second kappa shape index (κ2) is 31.2. The fourth-order valence-electron chi connectivity index (χ4n) is 24.6. The molecule has 0 radical (unpaired) electrons. The van der Waals surface area contributed by atoms with Gasteiger partial charge < -0.3 is 41.0 Å². The summed E-state index contributed by atoms with van der Waals surface area (Å²) in [6, 6.07) is 155. The first-order valence-electron chi connectivity index (χ1n) is 49.0. The molecule has 0 spiro atoms. The van der Waals surface area contributed by atoms with E-state index in [9.17, 15) is 23.7 Å². The van der Waals surface area contributed by atoms with E-state index in [1.54, 1.807) is 11.3 Å². The highest BCUT2D eigenvalue weighted by Gasteiger charge is 2.39. The van der Waals surface area contributed by atoms with Crippen LogP contribution >= 0.6 is 11.3 Å². The summed E-state index contributed by atoms with van der Waals surface area (Å²) in [7, 11) is 0. The van der Waals surface area contributed by atoms with Crippen molar-refractivity contribution in [1.82, 2.24) is 36.5 Å². The van der Waals surface area contributed by atoms with Crippen LogP contribution < -0.4 is 0 Å². The molecule has 0 aliphatic rings. The van der Waals surface area contributed by atoms with Crippen LogP contribution in [0.4, 0.5) is 11.4 Å². The van der Waals surface area contributed by atoms with E-state index >= 15 is 0 Å². The van der Waals surface area contributed by atoms with Crippen LogP contribution in [0.15, 0.2) is 429 Å². The van der Waals surface area contributed by atoms with E-state index in [0.717, 1.165) is 218 Å². The van der Waals surface area contributed by atoms with Crippen LogP contribution in [0, 0.1) is 49.7 Å². The Morgan fingerprint density at radius 1 is 0.226 bits per heavy atom. The molecule has 0 unspecified atom stereocenters. The molecular weight excluding hydrogens is 1800 g/mol. The van der Waals surface area contributed by atoms with Gasteiger partial charge in [-0.25, -0.2) is 9.69 Å². The molecule has 0 atom stereocenters. The lowest BCUT2D eigenvalue weighted by atomic mass is 10.0. The van der Waals surface area contributed by atoms with Crippen molar-refractivity contribution < 1.29 is 4.42 Å². The third-order valence-electron chi connectivity index (χ3n) is 30.7. The fraction of sp³-hybridized carbons (Fsp3) is 0.0152. The fourth-order valence-corrected chi connectivity index (χ4v) is 25.8. The van der Waals surface area contributed by atoms with Crippen LogP contribution in [-0.4, -0.2) is 36.5 Å². The zero-order valence-corrected chi connectivity index (χ0v) is 79.4. The maximum atomic E-state index is 12.5. The molecule has 0 saturated heterocycles. The number of fused-ring (bicyclic) bond motifs is 32. The van der Waals surface area contributed by atoms with E-state index in [2.05, 4.69) is 457 Å². The first kappa shape index (κ1) is 81.9. The molecule has 0 saturated carbocycles. The van der Waals surface area contributed by atoms with Crippen molar-refractivity contribution in [2.75, 3.05) is 0 Å². The van der Waals surface area contributed by atoms with E-state index in [0.29, 0.717) is 67.9 Å². The molecule has 31 aromatic rings. The molecule has 0 N–H and O–H groups in total. The lowest BCUT2D eigenvalue weighted by Gasteiger charge is -2.27. The van der Waals surface area contributed by atoms with Gasteiger partial charge in [0, 0.05) is 112 Å². The Hall–Kier alpha value is -20.0. The molecule has 21 aromatic carbocycles. The topological polar surface area (TPSA) is 109 Å². The summed E-state index contributed by atoms with van der Waals surface area (Å²) in [4.78, 5) is 9.52. The van der Waals surface area contributed by atoms with E-state index < -0.39 is 0 Å². The predicted molar refractivity (Wildman–Crippen MR) is 605 cm³/mol. The van der Waals surface area contributed by atoms with Crippen LogP contribution in [0.5, 0.6) is 0 Å². The zero-order valence-electron chi connectivity index (χ0n) is 78.6. The Morgan fingerprint density at radius 3 is 0.904 bits per heavy atom. The van der Waals surface area contributed by atoms with Gasteiger partial charge in [-0.3, -0.25) is 0 Å². The molecule has 31 rings (SSSR count). The van der Waals surface area contributed by atoms with Crippen molar-refractivity contribution in [2.45, 2.75) is 13.8 Å². The molecule has 146 heavy (non-hydrogen) atoms. The monoisotopic (exact) mass is 1880 g/mol. The second-order valence-corrected chi connectivity index (χ2v) is 39.0. The number of benzene rings is 21. The number of aryl methyl sites for hydroxylation is 2. The molecule has 10 heterocycles. The molecule has 10 aromatic heterocycles. The van der Waals surface area contributed by atoms with E-state index in [1.807, 2.05) is 30.3 Å². The minimum atomic E-state index is 0.330. The Morgan fingerprint density at radius 2 is 0.521 bits per heavy atom. The quantitative estimate of drug-likeness (QED) is 0.134. The predicted octanol–water partition coefficient (Wildman–Crippen LogP) is 35.5. The van der Waals surface area contributed by atoms with Crippen LogP contribution in [-0.2, 0) is 0 Å². The molecule has 676 valence electrons. The average molecular weight is 1880 g/mol. The number of furan rings is 1. The first-order chi connectivity index (χ1) is 72.2. The van der Waals surface area contributed by atoms with E-state index in [-0.39, 0.29) is 0 Å². The van der Waals surface area contributed by atoms with Gasteiger partial charge >= 0.3 is 0 Å². The maximum Gasteiger partial charge on any atom is 0.237 e. The molecule has 14 heteroatoms. The standard InChI is InChI=1S/C68H38N6O.C64H38N6S/c1-70-62-63(71-54-28-12-5-21-43(54)44-22-6-13-29-55(44)71)53(40-69)64(72-56-30-14-7-23-45(56)46-24-8-15-31-57(46)72)67(66(62)73-58-32-16-9-25-47(58)48-26-10-17-33-59(48)73)74-60-38-35-42(41-19-3-2-4-20-41)39-52(60)50-36-37-51-49-27-11-18-34-61(49)75-68(51)65(50)74;1-37-34-48-46-32-33-47-45-24-10-17-31-57(45)71-64(47)61(46)70(56(48)35-38(37)2)63-60(68-52-27-13-6-20-41(52)42-21-7-14-28-53(42)68)49(36-65)59(67-50-25-11-4-18-39(50)40-19-5-12-26-51(40)67)58(66-3)62(63)69-54-29-15-8-22-43(54)44-23-9-16-30-55(44)69/h2-39H;4-35H,1-2H3. The lowest BCUT2D eigenvalue weighted by molar-refractivity contribution is 0.671. The molecule has 0 bridgehead atoms. The smallest absolute Gasteiger partial charge is 0.237 e. The van der Waals surface area contributed by atoms with Gasteiger partial charge in [-0.05, 0) is 151 Å². The van der Waals surface area contributed by atoms with Gasteiger partial charge in [0.1, 0.15) is 17.7 Å². The minimum Gasteiger partial charge on any atom is -0.454 e. The normalized spacial score (nSPS) is 12.0. The van der Waals surface area contributed by atoms with Crippen LogP contribution in [0.1, 0.15) is 22.3 Å². The van der Waals surface area contributed by atoms with E-state index in [4.69, 9.17) is 14.1 Å². The summed E-state index contributed by atoms with van der Waals surface area (Å²) >= 11 is 1.80.